The largest absolute Gasteiger partial charge is 0.472 e. The third kappa shape index (κ3) is 6.72. The monoisotopic (exact) mass is 754 g/mol. The second-order valence-electron chi connectivity index (χ2n) is 10.8. The number of phosphoric ester groups is 2. The van der Waals surface area contributed by atoms with Crippen molar-refractivity contribution in [2.24, 2.45) is 0 Å². The third-order valence-corrected chi connectivity index (χ3v) is 10.0. The summed E-state index contributed by atoms with van der Waals surface area (Å²) in [6, 6.07) is 0. The number of aliphatic hydroxyl groups is 1. The first kappa shape index (κ1) is 34.0. The fourth-order valence-corrected chi connectivity index (χ4v) is 7.83. The maximum atomic E-state index is 13.1. The van der Waals surface area contributed by atoms with Crippen molar-refractivity contribution < 1.29 is 65.9 Å². The molecule has 4 unspecified atom stereocenters. The zero-order valence-corrected chi connectivity index (χ0v) is 26.8. The number of nitrogen functional groups attached to an aromatic ring is 1. The number of aliphatic hydroxyl groups excluding tert-OH is 1. The molecule has 4 aromatic rings. The summed E-state index contributed by atoms with van der Waals surface area (Å²) in [4.78, 5) is 84.6. The van der Waals surface area contributed by atoms with Crippen LogP contribution in [0.3, 0.4) is 0 Å². The van der Waals surface area contributed by atoms with E-state index in [1.807, 2.05) is 0 Å². The minimum Gasteiger partial charge on any atom is -0.386 e. The molecule has 3 saturated heterocycles. The molecule has 0 saturated carbocycles. The van der Waals surface area contributed by atoms with Crippen LogP contribution in [0.2, 0.25) is 0 Å². The molecule has 0 spiro atoms. The summed E-state index contributed by atoms with van der Waals surface area (Å²) in [5, 5.41) is 12.9. The number of H-pyrrole nitrogens is 2. The third-order valence-electron chi connectivity index (χ3n) is 7.54. The first-order valence-electron chi connectivity index (χ1n) is 13.8. The summed E-state index contributed by atoms with van der Waals surface area (Å²) in [6.07, 6.45) is -8.55. The van der Waals surface area contributed by atoms with Crippen LogP contribution in [0.15, 0.2) is 22.2 Å². The number of anilines is 2. The Bertz CT molecular complexity index is 2200. The normalized spacial score (nSPS) is 34.3. The molecule has 29 heteroatoms. The number of nitrogens with zero attached hydrogens (tertiary/aromatic N) is 6. The Labute approximate surface area is 269 Å². The van der Waals surface area contributed by atoms with E-state index in [0.29, 0.717) is 0 Å². The molecule has 0 aromatic carbocycles. The van der Waals surface area contributed by atoms with Crippen LogP contribution in [0, 0.1) is 0 Å². The molecule has 26 nitrogen and oxygen atoms in total. The van der Waals surface area contributed by atoms with E-state index in [0.717, 1.165) is 21.8 Å². The Kier molecular flexibility index (Phi) is 8.40. The van der Waals surface area contributed by atoms with Gasteiger partial charge < -0.3 is 39.9 Å². The highest BCUT2D eigenvalue weighted by atomic mass is 31.2. The van der Waals surface area contributed by atoms with Gasteiger partial charge in [-0.1, -0.05) is 0 Å². The summed E-state index contributed by atoms with van der Waals surface area (Å²) < 4.78 is 72.4. The van der Waals surface area contributed by atoms with Gasteiger partial charge in [-0.15, -0.1) is 0 Å². The number of fused-ring (bicyclic) bond motifs is 4. The summed E-state index contributed by atoms with van der Waals surface area (Å²) in [7, 11) is -15.0. The molecule has 9 atom stereocenters. The Morgan fingerprint density at radius 1 is 0.898 bits per heavy atom. The number of hydrogen-bond donors (Lipinski definition) is 9. The lowest BCUT2D eigenvalue weighted by Gasteiger charge is -2.27. The Morgan fingerprint density at radius 2 is 1.51 bits per heavy atom. The second-order valence-corrected chi connectivity index (χ2v) is 15.0. The predicted octanol–water partition coefficient (Wildman–Crippen LogP) is -2.10. The first-order valence-corrected chi connectivity index (χ1v) is 18.4. The van der Waals surface area contributed by atoms with E-state index in [-0.39, 0.29) is 34.7 Å². The van der Waals surface area contributed by atoms with E-state index in [4.69, 9.17) is 33.3 Å². The Morgan fingerprint density at radius 3 is 2.20 bits per heavy atom. The van der Waals surface area contributed by atoms with E-state index in [9.17, 15) is 48.0 Å². The van der Waals surface area contributed by atoms with Gasteiger partial charge >= 0.3 is 23.4 Å². The van der Waals surface area contributed by atoms with Crippen molar-refractivity contribution in [2.45, 2.75) is 49.4 Å². The van der Waals surface area contributed by atoms with E-state index in [1.165, 1.54) is 0 Å². The standard InChI is InChI=1S/C20H25N10O16P3/c21-19-24-14-10(16(32)26-19)23-5-30(14)18-12(31)13-8(44-18)3-42-48(37,38)45-6-1-9(43-7(6)2-41-49(39,40)46-13)29-4-22-11-15(29)25-20(27-17(11)33)28-47(34,35)36/h4-9,12-13,18,31H,1-3H2,(H,37,38)(H,39,40)(H3,21,24,26,32)(H4,25,27,28,33,34,35,36)/t6?,7-,8-,9+,12-,13?,18+/m0/s1. The second kappa shape index (κ2) is 12.1. The van der Waals surface area contributed by atoms with Gasteiger partial charge in [0.25, 0.3) is 11.1 Å². The van der Waals surface area contributed by atoms with Crippen molar-refractivity contribution in [1.29, 1.82) is 0 Å². The predicted molar refractivity (Wildman–Crippen MR) is 156 cm³/mol. The van der Waals surface area contributed by atoms with Gasteiger partial charge in [0, 0.05) is 6.42 Å². The van der Waals surface area contributed by atoms with Gasteiger partial charge in [-0.3, -0.25) is 51.9 Å². The molecule has 0 bridgehead atoms. The van der Waals surface area contributed by atoms with Gasteiger partial charge in [0.15, 0.2) is 28.6 Å². The van der Waals surface area contributed by atoms with Crippen molar-refractivity contribution >= 4 is 57.6 Å². The number of hydrogen-bond acceptors (Lipinski definition) is 17. The molecule has 7 heterocycles. The number of ether oxygens (including phenoxy) is 2. The topological polar surface area (TPSA) is 373 Å². The summed E-state index contributed by atoms with van der Waals surface area (Å²) in [5.74, 6) is -0.886. The molecule has 266 valence electrons. The van der Waals surface area contributed by atoms with Crippen LogP contribution in [-0.2, 0) is 41.3 Å². The highest BCUT2D eigenvalue weighted by molar-refractivity contribution is 7.53. The van der Waals surface area contributed by atoms with Crippen LogP contribution in [0.25, 0.3) is 22.3 Å². The van der Waals surface area contributed by atoms with Crippen molar-refractivity contribution in [2.75, 3.05) is 24.0 Å². The van der Waals surface area contributed by atoms with Crippen molar-refractivity contribution in [3.8, 4) is 0 Å². The van der Waals surface area contributed by atoms with Crippen molar-refractivity contribution in [1.82, 2.24) is 39.0 Å². The van der Waals surface area contributed by atoms with Gasteiger partial charge in [0.1, 0.15) is 36.7 Å². The number of aromatic amines is 2. The van der Waals surface area contributed by atoms with Crippen LogP contribution in [0.1, 0.15) is 18.9 Å². The fourth-order valence-electron chi connectivity index (χ4n) is 5.52. The molecule has 10 N–H and O–H groups in total. The molecular weight excluding hydrogens is 729 g/mol. The number of aromatic nitrogens is 8. The zero-order chi connectivity index (χ0) is 35.0. The van der Waals surface area contributed by atoms with E-state index >= 15 is 0 Å². The molecule has 3 aliphatic heterocycles. The van der Waals surface area contributed by atoms with Gasteiger partial charge in [0.05, 0.1) is 25.9 Å². The molecule has 0 radical (unpaired) electrons. The first-order chi connectivity index (χ1) is 23.0. The molecule has 0 aliphatic carbocycles. The number of phosphoric acid groups is 2. The minimum atomic E-state index is -5.08. The van der Waals surface area contributed by atoms with E-state index in [1.54, 1.807) is 5.09 Å². The minimum absolute atomic E-state index is 0.123. The molecule has 7 rings (SSSR count). The van der Waals surface area contributed by atoms with Crippen LogP contribution in [0.4, 0.5) is 11.9 Å². The number of imidazole rings is 2. The van der Waals surface area contributed by atoms with E-state index in [2.05, 4.69) is 29.9 Å². The van der Waals surface area contributed by atoms with Gasteiger partial charge in [0.2, 0.25) is 11.9 Å². The number of nitrogens with one attached hydrogen (secondary N) is 3. The quantitative estimate of drug-likeness (QED) is 0.101. The van der Waals surface area contributed by atoms with Crippen LogP contribution < -0.4 is 21.9 Å². The lowest BCUT2D eigenvalue weighted by Crippen LogP contribution is -2.37. The van der Waals surface area contributed by atoms with Gasteiger partial charge in [-0.2, -0.15) is 9.97 Å². The summed E-state index contributed by atoms with van der Waals surface area (Å²) in [5.41, 5.74) is 3.28. The molecule has 0 amide bonds. The number of nitrogens with two attached hydrogens (primary N) is 1. The maximum Gasteiger partial charge on any atom is 0.472 e. The zero-order valence-electron chi connectivity index (χ0n) is 24.1. The van der Waals surface area contributed by atoms with Crippen LogP contribution >= 0.6 is 23.4 Å². The lowest BCUT2D eigenvalue weighted by molar-refractivity contribution is -0.0662. The number of rotatable bonds is 4. The van der Waals surface area contributed by atoms with E-state index < -0.39 is 96.6 Å². The average Bonchev–Trinajstić information content (AvgIpc) is 3.75. The highest BCUT2D eigenvalue weighted by Crippen LogP contribution is 2.53. The summed E-state index contributed by atoms with van der Waals surface area (Å²) >= 11 is 0. The lowest BCUT2D eigenvalue weighted by atomic mass is 10.1. The highest BCUT2D eigenvalue weighted by Gasteiger charge is 2.52. The van der Waals surface area contributed by atoms with Crippen LogP contribution in [0.5, 0.6) is 0 Å². The van der Waals surface area contributed by atoms with Crippen molar-refractivity contribution in [3.05, 3.63) is 33.4 Å². The molecule has 49 heavy (non-hydrogen) atoms. The van der Waals surface area contributed by atoms with Crippen LogP contribution in [-0.4, -0.2) is 107 Å². The molecule has 3 aliphatic rings. The van der Waals surface area contributed by atoms with Gasteiger partial charge in [-0.05, 0) is 0 Å². The molecule has 3 fully saturated rings. The Balaban J connectivity index is 1.15. The average molecular weight is 754 g/mol. The fraction of sp³-hybridized carbons (Fsp3) is 0.500. The maximum absolute atomic E-state index is 13.1. The molecule has 4 aromatic heterocycles. The molecular formula is C20H25N10O16P3. The Hall–Kier alpha value is -3.45. The SMILES string of the molecule is Nc1nc2c(ncn2[C@@H]2O[C@H]3COP(=O)(O)OC4C[C@H](n5cnc6c(=O)[nH]c(NP(=O)(O)O)nc65)O[C@H]4COP(=O)(O)OC3[C@@H]2O)c(=O)[nH]1. The van der Waals surface area contributed by atoms with Crippen molar-refractivity contribution in [3.63, 3.8) is 0 Å². The smallest absolute Gasteiger partial charge is 0.386 e. The summed E-state index contributed by atoms with van der Waals surface area (Å²) in [6.45, 7) is -1.64. The van der Waals surface area contributed by atoms with Gasteiger partial charge in [-0.25, -0.2) is 23.7 Å².